The van der Waals surface area contributed by atoms with Crippen LogP contribution in [0.4, 0.5) is 4.39 Å². The van der Waals surface area contributed by atoms with Crippen LogP contribution in [0.25, 0.3) is 10.9 Å². The molecule has 0 saturated carbocycles. The molecule has 0 aliphatic rings. The third kappa shape index (κ3) is 3.98. The second-order valence-corrected chi connectivity index (χ2v) is 6.47. The average Bonchev–Trinajstić information content (AvgIpc) is 2.86. The van der Waals surface area contributed by atoms with Gasteiger partial charge in [0.05, 0.1) is 5.56 Å². The summed E-state index contributed by atoms with van der Waals surface area (Å²) in [5, 5.41) is 0.445. The minimum atomic E-state index is -0.842. The molecule has 1 N–H and O–H groups in total. The minimum Gasteiger partial charge on any atom is -0.459 e. The van der Waals surface area contributed by atoms with Gasteiger partial charge in [-0.1, -0.05) is 0 Å². The molecular formula is C17H19FN2O4. The lowest BCUT2D eigenvalue weighted by Gasteiger charge is -2.22. The summed E-state index contributed by atoms with van der Waals surface area (Å²) in [6, 6.07) is 3.87. The summed E-state index contributed by atoms with van der Waals surface area (Å²) < 4.78 is 18.3. The standard InChI is InChI=1S/C17H19FN2O4/c1-17(2,3)24-14(21)9-20(4)16(23)15(22)12-8-19-13-7-10(18)5-6-11(12)13/h5-8,19H,9H2,1-4H3. The van der Waals surface area contributed by atoms with Gasteiger partial charge in [0.25, 0.3) is 11.7 Å². The van der Waals surface area contributed by atoms with Crippen molar-refractivity contribution >= 4 is 28.6 Å². The molecule has 6 nitrogen and oxygen atoms in total. The Kier molecular flexibility index (Phi) is 4.73. The van der Waals surface area contributed by atoms with Crippen LogP contribution in [0.1, 0.15) is 31.1 Å². The van der Waals surface area contributed by atoms with Crippen LogP contribution in [-0.4, -0.2) is 46.7 Å². The van der Waals surface area contributed by atoms with Crippen LogP contribution in [0.15, 0.2) is 24.4 Å². The maximum atomic E-state index is 13.2. The quantitative estimate of drug-likeness (QED) is 0.528. The number of Topliss-reactive ketones (excluding diaryl/α,β-unsaturated/α-hetero) is 1. The van der Waals surface area contributed by atoms with Crippen molar-refractivity contribution in [3.63, 3.8) is 0 Å². The van der Waals surface area contributed by atoms with Crippen LogP contribution < -0.4 is 0 Å². The van der Waals surface area contributed by atoms with Crippen molar-refractivity contribution < 1.29 is 23.5 Å². The number of ether oxygens (including phenoxy) is 1. The SMILES string of the molecule is CN(CC(=O)OC(C)(C)C)C(=O)C(=O)c1c[nH]c2cc(F)ccc12. The number of halogens is 1. The Morgan fingerprint density at radius 2 is 1.92 bits per heavy atom. The Balaban J connectivity index is 2.13. The van der Waals surface area contributed by atoms with Gasteiger partial charge in [-0.15, -0.1) is 0 Å². The minimum absolute atomic E-state index is 0.131. The van der Waals surface area contributed by atoms with Crippen molar-refractivity contribution in [2.75, 3.05) is 13.6 Å². The van der Waals surface area contributed by atoms with E-state index in [4.69, 9.17) is 4.74 Å². The molecule has 2 rings (SSSR count). The number of amides is 1. The van der Waals surface area contributed by atoms with Gasteiger partial charge in [0.1, 0.15) is 18.0 Å². The number of carbonyl (C=O) groups excluding carboxylic acids is 3. The number of nitrogens with zero attached hydrogens (tertiary/aromatic N) is 1. The number of nitrogens with one attached hydrogen (secondary N) is 1. The summed E-state index contributed by atoms with van der Waals surface area (Å²) in [6.07, 6.45) is 1.35. The monoisotopic (exact) mass is 334 g/mol. The molecule has 0 fully saturated rings. The van der Waals surface area contributed by atoms with Crippen LogP contribution in [0, 0.1) is 5.82 Å². The predicted molar refractivity (Wildman–Crippen MR) is 86.1 cm³/mol. The van der Waals surface area contributed by atoms with E-state index in [1.807, 2.05) is 0 Å². The first-order valence-electron chi connectivity index (χ1n) is 7.37. The highest BCUT2D eigenvalue weighted by Gasteiger charge is 2.26. The number of fused-ring (bicyclic) bond motifs is 1. The number of H-pyrrole nitrogens is 1. The number of hydrogen-bond donors (Lipinski definition) is 1. The average molecular weight is 334 g/mol. The lowest BCUT2D eigenvalue weighted by molar-refractivity contribution is -0.157. The first-order valence-corrected chi connectivity index (χ1v) is 7.37. The molecule has 1 amide bonds. The van der Waals surface area contributed by atoms with E-state index in [0.29, 0.717) is 10.9 Å². The van der Waals surface area contributed by atoms with E-state index < -0.39 is 29.1 Å². The highest BCUT2D eigenvalue weighted by atomic mass is 19.1. The van der Waals surface area contributed by atoms with Gasteiger partial charge in [0, 0.05) is 24.1 Å². The zero-order valence-electron chi connectivity index (χ0n) is 14.0. The third-order valence-electron chi connectivity index (χ3n) is 3.22. The van der Waals surface area contributed by atoms with Gasteiger partial charge < -0.3 is 14.6 Å². The van der Waals surface area contributed by atoms with E-state index in [1.165, 1.54) is 31.4 Å². The molecule has 1 heterocycles. The van der Waals surface area contributed by atoms with Crippen molar-refractivity contribution in [1.82, 2.24) is 9.88 Å². The van der Waals surface area contributed by atoms with Crippen molar-refractivity contribution in [2.45, 2.75) is 26.4 Å². The Morgan fingerprint density at radius 3 is 2.54 bits per heavy atom. The largest absolute Gasteiger partial charge is 0.459 e. The van der Waals surface area contributed by atoms with Crippen molar-refractivity contribution in [3.05, 3.63) is 35.8 Å². The van der Waals surface area contributed by atoms with E-state index >= 15 is 0 Å². The molecule has 0 spiro atoms. The number of esters is 1. The summed E-state index contributed by atoms with van der Waals surface area (Å²) in [5.41, 5.74) is -0.127. The molecule has 0 radical (unpaired) electrons. The Bertz CT molecular complexity index is 805. The number of hydrogen-bond acceptors (Lipinski definition) is 4. The van der Waals surface area contributed by atoms with Crippen molar-refractivity contribution in [2.24, 2.45) is 0 Å². The molecule has 2 aromatic rings. The van der Waals surface area contributed by atoms with Gasteiger partial charge >= 0.3 is 5.97 Å². The first kappa shape index (κ1) is 17.7. The second-order valence-electron chi connectivity index (χ2n) is 6.47. The Labute approximate surface area is 138 Å². The smallest absolute Gasteiger partial charge is 0.326 e. The van der Waals surface area contributed by atoms with Crippen LogP contribution >= 0.6 is 0 Å². The zero-order valence-corrected chi connectivity index (χ0v) is 14.0. The molecule has 0 atom stereocenters. The molecule has 0 bridgehead atoms. The van der Waals surface area contributed by atoms with E-state index in [9.17, 15) is 18.8 Å². The molecule has 0 saturated heterocycles. The Hall–Kier alpha value is -2.70. The van der Waals surface area contributed by atoms with Gasteiger partial charge in [-0.25, -0.2) is 4.39 Å². The van der Waals surface area contributed by atoms with Gasteiger partial charge in [-0.3, -0.25) is 14.4 Å². The fourth-order valence-corrected chi connectivity index (χ4v) is 2.21. The molecule has 7 heteroatoms. The lowest BCUT2D eigenvalue weighted by atomic mass is 10.1. The molecule has 0 unspecified atom stereocenters. The topological polar surface area (TPSA) is 79.5 Å². The van der Waals surface area contributed by atoms with Gasteiger partial charge in [-0.2, -0.15) is 0 Å². The number of rotatable bonds is 4. The third-order valence-corrected chi connectivity index (χ3v) is 3.22. The number of aromatic nitrogens is 1. The van der Waals surface area contributed by atoms with Crippen molar-refractivity contribution in [1.29, 1.82) is 0 Å². The molecule has 1 aromatic heterocycles. The van der Waals surface area contributed by atoms with Crippen LogP contribution in [-0.2, 0) is 14.3 Å². The Morgan fingerprint density at radius 1 is 1.25 bits per heavy atom. The van der Waals surface area contributed by atoms with Crippen LogP contribution in [0.3, 0.4) is 0 Å². The maximum absolute atomic E-state index is 13.2. The summed E-state index contributed by atoms with van der Waals surface area (Å²) in [5.74, 6) is -2.67. The van der Waals surface area contributed by atoms with Gasteiger partial charge in [0.2, 0.25) is 0 Å². The molecule has 1 aromatic carbocycles. The molecule has 0 aliphatic heterocycles. The number of likely N-dealkylation sites (N-methyl/N-ethyl adjacent to an activating group) is 1. The van der Waals surface area contributed by atoms with Crippen molar-refractivity contribution in [3.8, 4) is 0 Å². The van der Waals surface area contributed by atoms with E-state index in [0.717, 1.165) is 4.90 Å². The fourth-order valence-electron chi connectivity index (χ4n) is 2.21. The van der Waals surface area contributed by atoms with E-state index in [2.05, 4.69) is 4.98 Å². The number of benzene rings is 1. The van der Waals surface area contributed by atoms with Crippen LogP contribution in [0.5, 0.6) is 0 Å². The molecule has 24 heavy (non-hydrogen) atoms. The first-order chi connectivity index (χ1) is 11.1. The fraction of sp³-hybridized carbons (Fsp3) is 0.353. The summed E-state index contributed by atoms with van der Waals surface area (Å²) >= 11 is 0. The van der Waals surface area contributed by atoms with Gasteiger partial charge in [0.15, 0.2) is 0 Å². The zero-order chi connectivity index (χ0) is 18.1. The summed E-state index contributed by atoms with van der Waals surface area (Å²) in [4.78, 5) is 40.1. The number of aromatic amines is 1. The van der Waals surface area contributed by atoms with Crippen LogP contribution in [0.2, 0.25) is 0 Å². The number of carbonyl (C=O) groups is 3. The molecule has 128 valence electrons. The number of ketones is 1. The predicted octanol–water partition coefficient (Wildman–Crippen LogP) is 2.29. The second kappa shape index (κ2) is 6.43. The highest BCUT2D eigenvalue weighted by molar-refractivity contribution is 6.45. The maximum Gasteiger partial charge on any atom is 0.326 e. The highest BCUT2D eigenvalue weighted by Crippen LogP contribution is 2.20. The van der Waals surface area contributed by atoms with E-state index in [1.54, 1.807) is 20.8 Å². The summed E-state index contributed by atoms with van der Waals surface area (Å²) in [6.45, 7) is 4.80. The normalized spacial score (nSPS) is 11.4. The molecule has 0 aliphatic carbocycles. The lowest BCUT2D eigenvalue weighted by Crippen LogP contribution is -2.39. The summed E-state index contributed by atoms with van der Waals surface area (Å²) in [7, 11) is 1.35. The molecular weight excluding hydrogens is 315 g/mol. The van der Waals surface area contributed by atoms with E-state index in [-0.39, 0.29) is 12.1 Å². The van der Waals surface area contributed by atoms with Gasteiger partial charge in [-0.05, 0) is 39.0 Å².